The van der Waals surface area contributed by atoms with Crippen molar-refractivity contribution in [2.45, 2.75) is 25.8 Å². The molecule has 1 aliphatic carbocycles. The molecule has 0 aliphatic heterocycles. The third-order valence-electron chi connectivity index (χ3n) is 2.79. The van der Waals surface area contributed by atoms with Crippen LogP contribution in [-0.2, 0) is 0 Å². The van der Waals surface area contributed by atoms with Crippen LogP contribution in [-0.4, -0.2) is 13.2 Å². The Morgan fingerprint density at radius 3 is 2.73 bits per heavy atom. The largest absolute Gasteiger partial charge is 0.496 e. The Bertz CT molecular complexity index is 388. The van der Waals surface area contributed by atoms with Gasteiger partial charge in [0.05, 0.1) is 7.11 Å². The summed E-state index contributed by atoms with van der Waals surface area (Å²) in [6, 6.07) is 6.59. The summed E-state index contributed by atoms with van der Waals surface area (Å²) in [6.45, 7) is 2.09. The van der Waals surface area contributed by atoms with E-state index in [1.54, 1.807) is 7.11 Å². The minimum absolute atomic E-state index is 0.368. The van der Waals surface area contributed by atoms with E-state index in [-0.39, 0.29) is 0 Å². The Balaban J connectivity index is 2.26. The molecule has 0 atom stereocenters. The van der Waals surface area contributed by atoms with E-state index in [2.05, 4.69) is 25.1 Å². The lowest BCUT2D eigenvalue weighted by molar-refractivity contribution is 0.413. The molecule has 0 saturated heterocycles. The minimum atomic E-state index is 0.368. The van der Waals surface area contributed by atoms with Gasteiger partial charge in [-0.15, -0.1) is 0 Å². The second-order valence-electron chi connectivity index (χ2n) is 4.22. The van der Waals surface area contributed by atoms with Crippen LogP contribution in [0.2, 0.25) is 0 Å². The van der Waals surface area contributed by atoms with Crippen LogP contribution in [0.15, 0.2) is 23.8 Å². The third-order valence-corrected chi connectivity index (χ3v) is 2.79. The third kappa shape index (κ3) is 2.21. The molecule has 1 aromatic rings. The standard InChI is InChI=1S/C13H17NO/c1-9-3-4-13(15-2)11(5-9)6-10-7-12(14)8-10/h3-6,12H,7-8,14H2,1-2H3. The molecule has 0 unspecified atom stereocenters. The first-order chi connectivity index (χ1) is 7.19. The molecule has 1 saturated carbocycles. The molecule has 80 valence electrons. The molecule has 0 amide bonds. The summed E-state index contributed by atoms with van der Waals surface area (Å²) in [4.78, 5) is 0. The molecular weight excluding hydrogens is 186 g/mol. The molecule has 1 aromatic carbocycles. The maximum absolute atomic E-state index is 5.75. The lowest BCUT2D eigenvalue weighted by Gasteiger charge is -2.25. The normalized spacial score (nSPS) is 19.7. The van der Waals surface area contributed by atoms with Crippen LogP contribution in [0.4, 0.5) is 0 Å². The van der Waals surface area contributed by atoms with Crippen molar-refractivity contribution >= 4 is 6.08 Å². The number of benzene rings is 1. The van der Waals surface area contributed by atoms with E-state index < -0.39 is 0 Å². The summed E-state index contributed by atoms with van der Waals surface area (Å²) in [5.74, 6) is 0.938. The summed E-state index contributed by atoms with van der Waals surface area (Å²) >= 11 is 0. The molecule has 0 spiro atoms. The Kier molecular flexibility index (Phi) is 2.78. The van der Waals surface area contributed by atoms with Gasteiger partial charge in [-0.05, 0) is 31.9 Å². The minimum Gasteiger partial charge on any atom is -0.496 e. The number of hydrogen-bond acceptors (Lipinski definition) is 2. The first-order valence-corrected chi connectivity index (χ1v) is 5.28. The molecule has 15 heavy (non-hydrogen) atoms. The maximum atomic E-state index is 5.75. The predicted molar refractivity (Wildman–Crippen MR) is 62.9 cm³/mol. The highest BCUT2D eigenvalue weighted by atomic mass is 16.5. The van der Waals surface area contributed by atoms with E-state index in [4.69, 9.17) is 10.5 Å². The number of aryl methyl sites for hydroxylation is 1. The number of hydrogen-bond donors (Lipinski definition) is 1. The monoisotopic (exact) mass is 203 g/mol. The van der Waals surface area contributed by atoms with Crippen LogP contribution in [0.5, 0.6) is 5.75 Å². The quantitative estimate of drug-likeness (QED) is 0.801. The van der Waals surface area contributed by atoms with Crippen LogP contribution in [0.3, 0.4) is 0 Å². The Morgan fingerprint density at radius 1 is 1.40 bits per heavy atom. The van der Waals surface area contributed by atoms with Gasteiger partial charge < -0.3 is 10.5 Å². The predicted octanol–water partition coefficient (Wildman–Crippen LogP) is 2.51. The Hall–Kier alpha value is -1.28. The number of nitrogens with two attached hydrogens (primary N) is 1. The van der Waals surface area contributed by atoms with E-state index in [0.717, 1.165) is 18.6 Å². The SMILES string of the molecule is COc1ccc(C)cc1C=C1CC(N)C1. The van der Waals surface area contributed by atoms with Gasteiger partial charge in [0.1, 0.15) is 5.75 Å². The zero-order valence-corrected chi connectivity index (χ0v) is 9.29. The van der Waals surface area contributed by atoms with Gasteiger partial charge in [0.15, 0.2) is 0 Å². The first kappa shape index (κ1) is 10.2. The summed E-state index contributed by atoms with van der Waals surface area (Å²) in [6.07, 6.45) is 4.25. The summed E-state index contributed by atoms with van der Waals surface area (Å²) in [7, 11) is 1.71. The van der Waals surface area contributed by atoms with Gasteiger partial charge in [-0.2, -0.15) is 0 Å². The molecule has 0 bridgehead atoms. The van der Waals surface area contributed by atoms with E-state index in [9.17, 15) is 0 Å². The number of methoxy groups -OCH3 is 1. The molecule has 2 rings (SSSR count). The van der Waals surface area contributed by atoms with Gasteiger partial charge in [-0.1, -0.05) is 23.3 Å². The molecule has 0 heterocycles. The van der Waals surface area contributed by atoms with Crippen molar-refractivity contribution in [2.75, 3.05) is 7.11 Å². The van der Waals surface area contributed by atoms with E-state index in [0.29, 0.717) is 6.04 Å². The summed E-state index contributed by atoms with van der Waals surface area (Å²) in [5.41, 5.74) is 9.60. The van der Waals surface area contributed by atoms with E-state index in [1.807, 2.05) is 6.07 Å². The van der Waals surface area contributed by atoms with Crippen LogP contribution in [0.25, 0.3) is 6.08 Å². The lowest BCUT2D eigenvalue weighted by Crippen LogP contribution is -2.29. The van der Waals surface area contributed by atoms with Crippen molar-refractivity contribution in [3.05, 3.63) is 34.9 Å². The molecule has 2 N–H and O–H groups in total. The van der Waals surface area contributed by atoms with Crippen molar-refractivity contribution in [3.8, 4) is 5.75 Å². The van der Waals surface area contributed by atoms with Gasteiger partial charge in [0, 0.05) is 11.6 Å². The maximum Gasteiger partial charge on any atom is 0.126 e. The van der Waals surface area contributed by atoms with Crippen LogP contribution >= 0.6 is 0 Å². The Morgan fingerprint density at radius 2 is 2.13 bits per heavy atom. The molecule has 0 radical (unpaired) electrons. The highest BCUT2D eigenvalue weighted by molar-refractivity contribution is 5.62. The fourth-order valence-electron chi connectivity index (χ4n) is 1.92. The molecular formula is C13H17NO. The Labute approximate surface area is 90.7 Å². The average Bonchev–Trinajstić information content (AvgIpc) is 2.16. The molecule has 2 nitrogen and oxygen atoms in total. The van der Waals surface area contributed by atoms with Crippen molar-refractivity contribution in [1.82, 2.24) is 0 Å². The van der Waals surface area contributed by atoms with Gasteiger partial charge in [0.2, 0.25) is 0 Å². The van der Waals surface area contributed by atoms with Crippen molar-refractivity contribution in [1.29, 1.82) is 0 Å². The van der Waals surface area contributed by atoms with E-state index >= 15 is 0 Å². The summed E-state index contributed by atoms with van der Waals surface area (Å²) < 4.78 is 5.32. The molecule has 1 fully saturated rings. The zero-order chi connectivity index (χ0) is 10.8. The molecule has 2 heteroatoms. The highest BCUT2D eigenvalue weighted by Gasteiger charge is 2.18. The number of ether oxygens (including phenoxy) is 1. The molecule has 0 aromatic heterocycles. The second kappa shape index (κ2) is 4.07. The number of rotatable bonds is 2. The van der Waals surface area contributed by atoms with Gasteiger partial charge in [-0.25, -0.2) is 0 Å². The van der Waals surface area contributed by atoms with Gasteiger partial charge in [-0.3, -0.25) is 0 Å². The van der Waals surface area contributed by atoms with Gasteiger partial charge in [0.25, 0.3) is 0 Å². The van der Waals surface area contributed by atoms with Crippen molar-refractivity contribution in [2.24, 2.45) is 5.73 Å². The van der Waals surface area contributed by atoms with Crippen molar-refractivity contribution in [3.63, 3.8) is 0 Å². The topological polar surface area (TPSA) is 35.2 Å². The van der Waals surface area contributed by atoms with E-state index in [1.165, 1.54) is 16.7 Å². The first-order valence-electron chi connectivity index (χ1n) is 5.28. The zero-order valence-electron chi connectivity index (χ0n) is 9.29. The lowest BCUT2D eigenvalue weighted by atomic mass is 9.86. The van der Waals surface area contributed by atoms with Gasteiger partial charge >= 0.3 is 0 Å². The smallest absolute Gasteiger partial charge is 0.126 e. The van der Waals surface area contributed by atoms with Crippen molar-refractivity contribution < 1.29 is 4.74 Å². The van der Waals surface area contributed by atoms with Crippen LogP contribution < -0.4 is 10.5 Å². The second-order valence-corrected chi connectivity index (χ2v) is 4.22. The summed E-state index contributed by atoms with van der Waals surface area (Å²) in [5, 5.41) is 0. The van der Waals surface area contributed by atoms with Crippen LogP contribution in [0.1, 0.15) is 24.0 Å². The fraction of sp³-hybridized carbons (Fsp3) is 0.385. The van der Waals surface area contributed by atoms with Crippen LogP contribution in [0, 0.1) is 6.92 Å². The highest BCUT2D eigenvalue weighted by Crippen LogP contribution is 2.30. The fourth-order valence-corrected chi connectivity index (χ4v) is 1.92. The average molecular weight is 203 g/mol. The molecule has 1 aliphatic rings.